The Hall–Kier alpha value is -2.07. The lowest BCUT2D eigenvalue weighted by Gasteiger charge is -2.31. The Labute approximate surface area is 146 Å². The molecule has 0 aromatic heterocycles. The summed E-state index contributed by atoms with van der Waals surface area (Å²) in [4.78, 5) is 14.1. The lowest BCUT2D eigenvalue weighted by atomic mass is 9.90. The minimum absolute atomic E-state index is 0.0612. The van der Waals surface area contributed by atoms with Crippen LogP contribution >= 0.6 is 0 Å². The molecule has 0 bridgehead atoms. The van der Waals surface area contributed by atoms with Crippen LogP contribution in [-0.2, 0) is 17.5 Å². The van der Waals surface area contributed by atoms with E-state index in [4.69, 9.17) is 0 Å². The van der Waals surface area contributed by atoms with Crippen molar-refractivity contribution >= 4 is 5.91 Å². The molecule has 0 heterocycles. The van der Waals surface area contributed by atoms with E-state index in [1.165, 1.54) is 12.1 Å². The summed E-state index contributed by atoms with van der Waals surface area (Å²) >= 11 is 0. The number of halogens is 3. The average molecular weight is 355 g/mol. The van der Waals surface area contributed by atoms with E-state index >= 15 is 0 Å². The summed E-state index contributed by atoms with van der Waals surface area (Å²) < 4.78 is 37.7. The largest absolute Gasteiger partial charge is 0.416 e. The predicted octanol–water partition coefficient (Wildman–Crippen LogP) is 3.58. The molecule has 1 aromatic carbocycles. The van der Waals surface area contributed by atoms with Crippen molar-refractivity contribution in [2.75, 3.05) is 7.05 Å². The van der Waals surface area contributed by atoms with Gasteiger partial charge < -0.3 is 5.32 Å². The SMILES string of the molecule is CC(C(=O)NC(C)(C#N)C(C)C)N(C)Cc1ccc(C(F)(F)F)cc1. The van der Waals surface area contributed by atoms with Crippen molar-refractivity contribution in [3.8, 4) is 6.07 Å². The number of nitrogens with zero attached hydrogens (tertiary/aromatic N) is 2. The predicted molar refractivity (Wildman–Crippen MR) is 89.4 cm³/mol. The number of carbonyl (C=O) groups is 1. The number of nitriles is 1. The van der Waals surface area contributed by atoms with Crippen LogP contribution in [0.2, 0.25) is 0 Å². The highest BCUT2D eigenvalue weighted by atomic mass is 19.4. The van der Waals surface area contributed by atoms with Gasteiger partial charge in [0, 0.05) is 6.54 Å². The van der Waals surface area contributed by atoms with Gasteiger partial charge in [0.05, 0.1) is 17.7 Å². The van der Waals surface area contributed by atoms with Gasteiger partial charge in [-0.2, -0.15) is 18.4 Å². The van der Waals surface area contributed by atoms with Crippen molar-refractivity contribution in [1.82, 2.24) is 10.2 Å². The van der Waals surface area contributed by atoms with Crippen LogP contribution in [-0.4, -0.2) is 29.4 Å². The van der Waals surface area contributed by atoms with Gasteiger partial charge in [-0.1, -0.05) is 26.0 Å². The highest BCUT2D eigenvalue weighted by Crippen LogP contribution is 2.29. The summed E-state index contributed by atoms with van der Waals surface area (Å²) in [7, 11) is 1.71. The van der Waals surface area contributed by atoms with Crippen LogP contribution in [0.3, 0.4) is 0 Å². The van der Waals surface area contributed by atoms with E-state index in [1.807, 2.05) is 13.8 Å². The van der Waals surface area contributed by atoms with Crippen LogP contribution in [0.4, 0.5) is 13.2 Å². The summed E-state index contributed by atoms with van der Waals surface area (Å²) in [6, 6.07) is 6.44. The number of likely N-dealkylation sites (N-methyl/N-ethyl adjacent to an activating group) is 1. The summed E-state index contributed by atoms with van der Waals surface area (Å²) in [5.41, 5.74) is -1.01. The van der Waals surface area contributed by atoms with Crippen LogP contribution in [0.25, 0.3) is 0 Å². The molecular weight excluding hydrogens is 331 g/mol. The normalized spacial score (nSPS) is 15.6. The lowest BCUT2D eigenvalue weighted by molar-refractivity contribution is -0.137. The third-order valence-electron chi connectivity index (χ3n) is 4.52. The zero-order valence-corrected chi connectivity index (χ0v) is 15.1. The zero-order chi connectivity index (χ0) is 19.4. The van der Waals surface area contributed by atoms with Gasteiger partial charge in [0.15, 0.2) is 0 Å². The van der Waals surface area contributed by atoms with E-state index in [-0.39, 0.29) is 11.8 Å². The fourth-order valence-electron chi connectivity index (χ4n) is 2.09. The number of carbonyl (C=O) groups excluding carboxylic acids is 1. The first kappa shape index (κ1) is 21.0. The quantitative estimate of drug-likeness (QED) is 0.849. The second-order valence-corrected chi connectivity index (χ2v) is 6.74. The van der Waals surface area contributed by atoms with Gasteiger partial charge in [0.25, 0.3) is 0 Å². The number of rotatable bonds is 6. The van der Waals surface area contributed by atoms with Crippen LogP contribution in [0.15, 0.2) is 24.3 Å². The van der Waals surface area contributed by atoms with Crippen LogP contribution in [0, 0.1) is 17.2 Å². The minimum atomic E-state index is -4.36. The van der Waals surface area contributed by atoms with E-state index in [0.29, 0.717) is 12.1 Å². The van der Waals surface area contributed by atoms with Gasteiger partial charge in [-0.05, 0) is 44.5 Å². The number of hydrogen-bond donors (Lipinski definition) is 1. The van der Waals surface area contributed by atoms with Gasteiger partial charge in [0.2, 0.25) is 5.91 Å². The molecule has 0 aliphatic carbocycles. The first-order chi connectivity index (χ1) is 11.4. The Kier molecular flexibility index (Phi) is 6.61. The number of alkyl halides is 3. The molecule has 0 saturated carbocycles. The second kappa shape index (κ2) is 7.87. The third kappa shape index (κ3) is 5.46. The van der Waals surface area contributed by atoms with Gasteiger partial charge in [-0.3, -0.25) is 9.69 Å². The molecule has 2 atom stereocenters. The topological polar surface area (TPSA) is 56.1 Å². The Morgan fingerprint density at radius 2 is 1.76 bits per heavy atom. The van der Waals surface area contributed by atoms with Crippen molar-refractivity contribution in [2.24, 2.45) is 5.92 Å². The molecule has 138 valence electrons. The second-order valence-electron chi connectivity index (χ2n) is 6.74. The van der Waals surface area contributed by atoms with Crippen molar-refractivity contribution in [3.63, 3.8) is 0 Å². The van der Waals surface area contributed by atoms with Crippen molar-refractivity contribution in [1.29, 1.82) is 5.26 Å². The molecule has 0 aliphatic heterocycles. The van der Waals surface area contributed by atoms with Gasteiger partial charge in [-0.15, -0.1) is 0 Å². The van der Waals surface area contributed by atoms with Crippen molar-refractivity contribution in [3.05, 3.63) is 35.4 Å². The van der Waals surface area contributed by atoms with E-state index in [0.717, 1.165) is 12.1 Å². The van der Waals surface area contributed by atoms with E-state index in [9.17, 15) is 23.2 Å². The van der Waals surface area contributed by atoms with E-state index < -0.39 is 23.3 Å². The molecule has 0 radical (unpaired) electrons. The van der Waals surface area contributed by atoms with E-state index in [1.54, 1.807) is 25.8 Å². The molecule has 4 nitrogen and oxygen atoms in total. The van der Waals surface area contributed by atoms with Crippen molar-refractivity contribution < 1.29 is 18.0 Å². The fourth-order valence-corrected chi connectivity index (χ4v) is 2.09. The standard InChI is InChI=1S/C18H24F3N3O/c1-12(2)17(4,11-22)23-16(25)13(3)24(5)10-14-6-8-15(9-7-14)18(19,20)21/h6-9,12-13H,10H2,1-5H3,(H,23,25). The Morgan fingerprint density at radius 3 is 2.16 bits per heavy atom. The summed E-state index contributed by atoms with van der Waals surface area (Å²) in [5, 5.41) is 12.0. The molecule has 25 heavy (non-hydrogen) atoms. The van der Waals surface area contributed by atoms with Crippen LogP contribution in [0.1, 0.15) is 38.8 Å². The molecule has 0 aliphatic rings. The average Bonchev–Trinajstić information content (AvgIpc) is 2.53. The molecule has 0 fully saturated rings. The maximum atomic E-state index is 12.6. The number of nitrogens with one attached hydrogen (secondary N) is 1. The lowest BCUT2D eigenvalue weighted by Crippen LogP contribution is -2.54. The maximum absolute atomic E-state index is 12.6. The molecule has 1 rings (SSSR count). The summed E-state index contributed by atoms with van der Waals surface area (Å²) in [5.74, 6) is -0.360. The Bertz CT molecular complexity index is 634. The van der Waals surface area contributed by atoms with Crippen LogP contribution in [0.5, 0.6) is 0 Å². The van der Waals surface area contributed by atoms with E-state index in [2.05, 4.69) is 11.4 Å². The smallest absolute Gasteiger partial charge is 0.336 e. The molecule has 7 heteroatoms. The monoisotopic (exact) mass is 355 g/mol. The zero-order valence-electron chi connectivity index (χ0n) is 15.1. The first-order valence-corrected chi connectivity index (χ1v) is 8.00. The van der Waals surface area contributed by atoms with Gasteiger partial charge in [-0.25, -0.2) is 0 Å². The molecular formula is C18H24F3N3O. The molecule has 1 aromatic rings. The molecule has 2 unspecified atom stereocenters. The third-order valence-corrected chi connectivity index (χ3v) is 4.52. The molecule has 0 saturated heterocycles. The van der Waals surface area contributed by atoms with Gasteiger partial charge in [0.1, 0.15) is 5.54 Å². The maximum Gasteiger partial charge on any atom is 0.416 e. The highest BCUT2D eigenvalue weighted by molar-refractivity contribution is 5.82. The number of hydrogen-bond acceptors (Lipinski definition) is 3. The summed E-state index contributed by atoms with van der Waals surface area (Å²) in [6.45, 7) is 7.37. The minimum Gasteiger partial charge on any atom is -0.336 e. The van der Waals surface area contributed by atoms with Crippen LogP contribution < -0.4 is 5.32 Å². The number of benzene rings is 1. The molecule has 1 amide bonds. The Morgan fingerprint density at radius 1 is 1.24 bits per heavy atom. The highest BCUT2D eigenvalue weighted by Gasteiger charge is 2.33. The number of amides is 1. The summed E-state index contributed by atoms with van der Waals surface area (Å²) in [6.07, 6.45) is -4.36. The Balaban J connectivity index is 2.75. The fraction of sp³-hybridized carbons (Fsp3) is 0.556. The molecule has 0 spiro atoms. The van der Waals surface area contributed by atoms with Gasteiger partial charge >= 0.3 is 6.18 Å². The van der Waals surface area contributed by atoms with Crippen molar-refractivity contribution in [2.45, 2.75) is 52.0 Å². The molecule has 1 N–H and O–H groups in total. The first-order valence-electron chi connectivity index (χ1n) is 8.00.